The Morgan fingerprint density at radius 3 is 2.53 bits per heavy atom. The summed E-state index contributed by atoms with van der Waals surface area (Å²) in [4.78, 5) is 28.3. The number of halogens is 1. The number of nitrogens with one attached hydrogen (secondary N) is 1. The molecule has 2 amide bonds. The Bertz CT molecular complexity index is 1260. The molecule has 4 rings (SSSR count). The third-order valence-corrected chi connectivity index (χ3v) is 6.44. The number of anilines is 1. The van der Waals surface area contributed by atoms with E-state index in [1.54, 1.807) is 21.7 Å². The number of hydrogen-bond donors (Lipinski definition) is 1. The first kappa shape index (κ1) is 23.7. The zero-order valence-electron chi connectivity index (χ0n) is 18.8. The van der Waals surface area contributed by atoms with Gasteiger partial charge in [-0.15, -0.1) is 11.3 Å². The Morgan fingerprint density at radius 1 is 1.06 bits per heavy atom. The van der Waals surface area contributed by atoms with Crippen molar-refractivity contribution in [2.75, 3.05) is 18.4 Å². The molecular formula is C26H25ClN4O2S. The Hall–Kier alpha value is -3.42. The Balaban J connectivity index is 1.61. The van der Waals surface area contributed by atoms with Crippen LogP contribution in [0.15, 0.2) is 78.2 Å². The van der Waals surface area contributed by atoms with Gasteiger partial charge < -0.3 is 10.2 Å². The van der Waals surface area contributed by atoms with E-state index in [0.29, 0.717) is 33.6 Å². The zero-order chi connectivity index (χ0) is 23.9. The third-order valence-electron chi connectivity index (χ3n) is 5.26. The molecule has 0 aliphatic rings. The van der Waals surface area contributed by atoms with Gasteiger partial charge in [0, 0.05) is 18.2 Å². The van der Waals surface area contributed by atoms with Crippen LogP contribution in [0.4, 0.5) is 5.82 Å². The van der Waals surface area contributed by atoms with E-state index in [1.807, 2.05) is 66.0 Å². The summed E-state index contributed by atoms with van der Waals surface area (Å²) in [6.07, 6.45) is 1.75. The van der Waals surface area contributed by atoms with Gasteiger partial charge in [0.1, 0.15) is 12.4 Å². The van der Waals surface area contributed by atoms with Crippen LogP contribution in [-0.4, -0.2) is 39.6 Å². The van der Waals surface area contributed by atoms with E-state index in [2.05, 4.69) is 12.2 Å². The van der Waals surface area contributed by atoms with Crippen molar-refractivity contribution in [2.45, 2.75) is 19.8 Å². The summed E-state index contributed by atoms with van der Waals surface area (Å²) in [6, 6.07) is 22.5. The number of thiophene rings is 1. The number of unbranched alkanes of at least 4 members (excludes halogenated alkanes) is 1. The highest BCUT2D eigenvalue weighted by molar-refractivity contribution is 7.12. The maximum Gasteiger partial charge on any atom is 0.264 e. The van der Waals surface area contributed by atoms with Gasteiger partial charge in [-0.1, -0.05) is 73.5 Å². The summed E-state index contributed by atoms with van der Waals surface area (Å²) in [5, 5.41) is 10.0. The van der Waals surface area contributed by atoms with Gasteiger partial charge >= 0.3 is 0 Å². The van der Waals surface area contributed by atoms with Crippen molar-refractivity contribution < 1.29 is 9.59 Å². The number of aromatic nitrogens is 2. The van der Waals surface area contributed by atoms with Crippen LogP contribution in [-0.2, 0) is 4.79 Å². The van der Waals surface area contributed by atoms with Gasteiger partial charge in [0.2, 0.25) is 5.91 Å². The summed E-state index contributed by atoms with van der Waals surface area (Å²) >= 11 is 7.81. The van der Waals surface area contributed by atoms with Gasteiger partial charge in [-0.25, -0.2) is 4.68 Å². The van der Waals surface area contributed by atoms with Crippen LogP contribution in [0.5, 0.6) is 0 Å². The molecule has 34 heavy (non-hydrogen) atoms. The Morgan fingerprint density at radius 2 is 1.82 bits per heavy atom. The quantitative estimate of drug-likeness (QED) is 0.305. The minimum Gasteiger partial charge on any atom is -0.329 e. The van der Waals surface area contributed by atoms with E-state index in [-0.39, 0.29) is 18.4 Å². The summed E-state index contributed by atoms with van der Waals surface area (Å²) in [7, 11) is 0. The predicted octanol–water partition coefficient (Wildman–Crippen LogP) is 6.14. The van der Waals surface area contributed by atoms with E-state index >= 15 is 0 Å². The lowest BCUT2D eigenvalue weighted by molar-refractivity contribution is -0.116. The number of para-hydroxylation sites is 1. The van der Waals surface area contributed by atoms with Crippen molar-refractivity contribution in [2.24, 2.45) is 0 Å². The lowest BCUT2D eigenvalue weighted by Crippen LogP contribution is -2.38. The molecule has 0 spiro atoms. The first-order valence-electron chi connectivity index (χ1n) is 11.1. The lowest BCUT2D eigenvalue weighted by atomic mass is 10.1. The normalized spacial score (nSPS) is 10.8. The average molecular weight is 493 g/mol. The monoisotopic (exact) mass is 492 g/mol. The van der Waals surface area contributed by atoms with Crippen LogP contribution >= 0.6 is 22.9 Å². The van der Waals surface area contributed by atoms with E-state index in [9.17, 15) is 9.59 Å². The number of rotatable bonds is 9. The van der Waals surface area contributed by atoms with Gasteiger partial charge in [-0.3, -0.25) is 9.59 Å². The summed E-state index contributed by atoms with van der Waals surface area (Å²) in [5.41, 5.74) is 2.27. The van der Waals surface area contributed by atoms with Crippen molar-refractivity contribution >= 4 is 40.6 Å². The van der Waals surface area contributed by atoms with E-state index in [0.717, 1.165) is 18.4 Å². The predicted molar refractivity (Wildman–Crippen MR) is 138 cm³/mol. The summed E-state index contributed by atoms with van der Waals surface area (Å²) in [6.45, 7) is 2.52. The van der Waals surface area contributed by atoms with Crippen molar-refractivity contribution in [3.05, 3.63) is 88.1 Å². The Labute approximate surface area is 207 Å². The Kier molecular flexibility index (Phi) is 7.77. The highest BCUT2D eigenvalue weighted by Gasteiger charge is 2.21. The van der Waals surface area contributed by atoms with Crippen LogP contribution in [0.2, 0.25) is 5.02 Å². The molecule has 2 aromatic heterocycles. The van der Waals surface area contributed by atoms with Gasteiger partial charge in [0.15, 0.2) is 0 Å². The molecule has 6 nitrogen and oxygen atoms in total. The molecule has 0 aliphatic carbocycles. The standard InChI is InChI=1S/C26H25ClN4O2S/c1-2-3-15-30(26(33)23-14-9-16-34-23)18-25(32)28-24-17-21(19-10-5-4-6-11-19)29-31(24)22-13-8-7-12-20(22)27/h4-14,16-17H,2-3,15,18H2,1H3,(H,28,32). The molecule has 0 bridgehead atoms. The zero-order valence-corrected chi connectivity index (χ0v) is 20.4. The first-order chi connectivity index (χ1) is 16.6. The molecule has 0 saturated carbocycles. The van der Waals surface area contributed by atoms with Crippen LogP contribution in [0, 0.1) is 0 Å². The fourth-order valence-electron chi connectivity index (χ4n) is 3.54. The van der Waals surface area contributed by atoms with Gasteiger partial charge in [0.25, 0.3) is 5.91 Å². The van der Waals surface area contributed by atoms with Crippen LogP contribution in [0.1, 0.15) is 29.4 Å². The van der Waals surface area contributed by atoms with Crippen LogP contribution < -0.4 is 5.32 Å². The topological polar surface area (TPSA) is 67.2 Å². The maximum atomic E-state index is 13.1. The van der Waals surface area contributed by atoms with E-state index in [4.69, 9.17) is 16.7 Å². The maximum absolute atomic E-state index is 13.1. The molecule has 0 atom stereocenters. The van der Waals surface area contributed by atoms with Crippen molar-refractivity contribution in [1.82, 2.24) is 14.7 Å². The SMILES string of the molecule is CCCCN(CC(=O)Nc1cc(-c2ccccc2)nn1-c1ccccc1Cl)C(=O)c1cccs1. The number of nitrogens with zero attached hydrogens (tertiary/aromatic N) is 3. The largest absolute Gasteiger partial charge is 0.329 e. The number of benzene rings is 2. The molecule has 0 saturated heterocycles. The fourth-order valence-corrected chi connectivity index (χ4v) is 4.45. The lowest BCUT2D eigenvalue weighted by Gasteiger charge is -2.21. The molecular weight excluding hydrogens is 468 g/mol. The molecule has 4 aromatic rings. The highest BCUT2D eigenvalue weighted by atomic mass is 35.5. The minimum atomic E-state index is -0.297. The molecule has 2 aromatic carbocycles. The third kappa shape index (κ3) is 5.55. The second-order valence-electron chi connectivity index (χ2n) is 7.75. The van der Waals surface area contributed by atoms with E-state index < -0.39 is 0 Å². The van der Waals surface area contributed by atoms with Crippen molar-refractivity contribution in [3.63, 3.8) is 0 Å². The minimum absolute atomic E-state index is 0.0505. The molecule has 174 valence electrons. The van der Waals surface area contributed by atoms with Crippen LogP contribution in [0.25, 0.3) is 16.9 Å². The number of carbonyl (C=O) groups is 2. The first-order valence-corrected chi connectivity index (χ1v) is 12.4. The number of carbonyl (C=O) groups excluding carboxylic acids is 2. The average Bonchev–Trinajstić information content (AvgIpc) is 3.53. The molecule has 8 heteroatoms. The summed E-state index contributed by atoms with van der Waals surface area (Å²) < 4.78 is 1.63. The smallest absolute Gasteiger partial charge is 0.264 e. The second-order valence-corrected chi connectivity index (χ2v) is 9.10. The fraction of sp³-hybridized carbons (Fsp3) is 0.192. The molecule has 0 unspecified atom stereocenters. The number of hydrogen-bond acceptors (Lipinski definition) is 4. The van der Waals surface area contributed by atoms with Gasteiger partial charge in [-0.05, 0) is 30.0 Å². The van der Waals surface area contributed by atoms with Crippen molar-refractivity contribution in [1.29, 1.82) is 0 Å². The molecule has 2 heterocycles. The van der Waals surface area contributed by atoms with Crippen molar-refractivity contribution in [3.8, 4) is 16.9 Å². The molecule has 0 fully saturated rings. The highest BCUT2D eigenvalue weighted by Crippen LogP contribution is 2.28. The molecule has 0 aliphatic heterocycles. The van der Waals surface area contributed by atoms with E-state index in [1.165, 1.54) is 11.3 Å². The van der Waals surface area contributed by atoms with Gasteiger partial charge in [0.05, 0.1) is 21.3 Å². The number of amides is 2. The molecule has 1 N–H and O–H groups in total. The summed E-state index contributed by atoms with van der Waals surface area (Å²) in [5.74, 6) is 0.0491. The second kappa shape index (κ2) is 11.1. The van der Waals surface area contributed by atoms with Gasteiger partial charge in [-0.2, -0.15) is 5.10 Å². The molecule has 0 radical (unpaired) electrons. The van der Waals surface area contributed by atoms with Crippen LogP contribution in [0.3, 0.4) is 0 Å².